The third-order valence-corrected chi connectivity index (χ3v) is 3.18. The largest absolute Gasteiger partial charge is 0.375 e. The fourth-order valence-electron chi connectivity index (χ4n) is 1.79. The van der Waals surface area contributed by atoms with Gasteiger partial charge in [-0.3, -0.25) is 9.59 Å². The van der Waals surface area contributed by atoms with Crippen molar-refractivity contribution in [3.63, 3.8) is 0 Å². The van der Waals surface area contributed by atoms with E-state index in [9.17, 15) is 9.59 Å². The highest BCUT2D eigenvalue weighted by Crippen LogP contribution is 2.12. The second-order valence-electron chi connectivity index (χ2n) is 4.06. The smallest absolute Gasteiger partial charge is 0.271 e. The highest BCUT2D eigenvalue weighted by molar-refractivity contribution is 9.10. The minimum Gasteiger partial charge on any atom is -0.375 e. The Morgan fingerprint density at radius 3 is 2.85 bits per heavy atom. The fraction of sp³-hybridized carbons (Fsp3) is 0.455. The number of anilines is 1. The number of hydrogen-bond donors (Lipinski definition) is 3. The molecular formula is C11H16BrCl2N3O3. The van der Waals surface area contributed by atoms with Gasteiger partial charge in [0.15, 0.2) is 0 Å². The van der Waals surface area contributed by atoms with Crippen molar-refractivity contribution in [3.8, 4) is 0 Å². The Kier molecular flexibility index (Phi) is 8.38. The molecule has 1 amide bonds. The Bertz CT molecular complexity index is 512. The van der Waals surface area contributed by atoms with Gasteiger partial charge in [0.2, 0.25) is 5.91 Å². The molecule has 0 bridgehead atoms. The van der Waals surface area contributed by atoms with Crippen molar-refractivity contribution < 1.29 is 9.53 Å². The summed E-state index contributed by atoms with van der Waals surface area (Å²) in [4.78, 5) is 26.1. The van der Waals surface area contributed by atoms with Crippen molar-refractivity contribution in [2.45, 2.75) is 19.1 Å². The van der Waals surface area contributed by atoms with E-state index in [1.165, 1.54) is 6.20 Å². The monoisotopic (exact) mass is 387 g/mol. The van der Waals surface area contributed by atoms with E-state index in [0.29, 0.717) is 17.6 Å². The number of hydrogen-bond acceptors (Lipinski definition) is 4. The van der Waals surface area contributed by atoms with E-state index in [-0.39, 0.29) is 48.1 Å². The summed E-state index contributed by atoms with van der Waals surface area (Å²) in [6.07, 6.45) is 1.30. The zero-order valence-corrected chi connectivity index (χ0v) is 13.9. The topological polar surface area (TPSA) is 83.2 Å². The second kappa shape index (κ2) is 8.63. The molecule has 9 heteroatoms. The van der Waals surface area contributed by atoms with Crippen LogP contribution < -0.4 is 16.2 Å². The molecule has 1 aromatic rings. The number of ether oxygens (including phenoxy) is 1. The minimum absolute atomic E-state index is 0. The van der Waals surface area contributed by atoms with Crippen molar-refractivity contribution in [2.24, 2.45) is 0 Å². The number of H-pyrrole nitrogens is 1. The lowest BCUT2D eigenvalue weighted by Gasteiger charge is -2.29. The summed E-state index contributed by atoms with van der Waals surface area (Å²) in [5.74, 6) is -0.272. The van der Waals surface area contributed by atoms with E-state index in [2.05, 4.69) is 31.5 Å². The van der Waals surface area contributed by atoms with E-state index < -0.39 is 6.04 Å². The first-order valence-electron chi connectivity index (χ1n) is 5.62. The van der Waals surface area contributed by atoms with Crippen LogP contribution >= 0.6 is 40.7 Å². The van der Waals surface area contributed by atoms with Gasteiger partial charge in [-0.15, -0.1) is 24.8 Å². The van der Waals surface area contributed by atoms with Gasteiger partial charge in [0.1, 0.15) is 11.7 Å². The van der Waals surface area contributed by atoms with Crippen molar-refractivity contribution in [1.29, 1.82) is 0 Å². The number of nitrogens with one attached hydrogen (secondary N) is 3. The van der Waals surface area contributed by atoms with Crippen molar-refractivity contribution in [3.05, 3.63) is 27.1 Å². The average Bonchev–Trinajstić information content (AvgIpc) is 2.34. The molecule has 6 nitrogen and oxygen atoms in total. The van der Waals surface area contributed by atoms with Crippen molar-refractivity contribution in [1.82, 2.24) is 10.3 Å². The molecule has 0 aliphatic carbocycles. The minimum atomic E-state index is -0.447. The molecule has 0 radical (unpaired) electrons. The lowest BCUT2D eigenvalue weighted by molar-refractivity contribution is -0.123. The molecule has 2 heterocycles. The molecule has 0 saturated carbocycles. The van der Waals surface area contributed by atoms with Gasteiger partial charge in [0.25, 0.3) is 5.56 Å². The van der Waals surface area contributed by atoms with E-state index in [1.807, 2.05) is 6.92 Å². The number of pyridine rings is 1. The predicted octanol–water partition coefficient (Wildman–Crippen LogP) is 1.30. The molecular weight excluding hydrogens is 373 g/mol. The number of carbonyl (C=O) groups excluding carboxylic acids is 1. The van der Waals surface area contributed by atoms with Crippen molar-refractivity contribution >= 4 is 52.3 Å². The zero-order chi connectivity index (χ0) is 13.1. The van der Waals surface area contributed by atoms with Crippen LogP contribution in [0, 0.1) is 0 Å². The van der Waals surface area contributed by atoms with Gasteiger partial charge >= 0.3 is 0 Å². The molecule has 1 aromatic heterocycles. The van der Waals surface area contributed by atoms with Crippen LogP contribution in [-0.4, -0.2) is 36.2 Å². The van der Waals surface area contributed by atoms with Gasteiger partial charge < -0.3 is 20.4 Å². The number of halogens is 3. The predicted molar refractivity (Wildman–Crippen MR) is 85.1 cm³/mol. The second-order valence-corrected chi connectivity index (χ2v) is 4.97. The van der Waals surface area contributed by atoms with Gasteiger partial charge in [0.05, 0.1) is 12.7 Å². The van der Waals surface area contributed by atoms with E-state index in [1.54, 1.807) is 6.07 Å². The molecule has 1 saturated heterocycles. The first-order valence-corrected chi connectivity index (χ1v) is 6.41. The van der Waals surface area contributed by atoms with E-state index in [4.69, 9.17) is 4.74 Å². The molecule has 1 aliphatic heterocycles. The molecule has 3 N–H and O–H groups in total. The maximum atomic E-state index is 12.0. The van der Waals surface area contributed by atoms with Crippen LogP contribution in [0.15, 0.2) is 21.5 Å². The number of carbonyl (C=O) groups is 1. The third kappa shape index (κ3) is 4.75. The Labute approximate surface area is 137 Å². The molecule has 1 fully saturated rings. The van der Waals surface area contributed by atoms with Crippen LogP contribution in [0.5, 0.6) is 0 Å². The average molecular weight is 389 g/mol. The Morgan fingerprint density at radius 2 is 2.20 bits per heavy atom. The Hall–Kier alpha value is -0.600. The quantitative estimate of drug-likeness (QED) is 0.712. The molecule has 0 aromatic carbocycles. The maximum absolute atomic E-state index is 12.0. The van der Waals surface area contributed by atoms with Crippen LogP contribution in [0.2, 0.25) is 0 Å². The normalized spacial score (nSPS) is 21.3. The summed E-state index contributed by atoms with van der Waals surface area (Å²) in [5, 5.41) is 5.66. The first kappa shape index (κ1) is 19.4. The fourth-order valence-corrected chi connectivity index (χ4v) is 2.13. The summed E-state index contributed by atoms with van der Waals surface area (Å²) in [6, 6.07) is 1.11. The van der Waals surface area contributed by atoms with Crippen molar-refractivity contribution in [2.75, 3.05) is 18.5 Å². The van der Waals surface area contributed by atoms with Gasteiger partial charge in [-0.05, 0) is 28.9 Å². The molecule has 114 valence electrons. The van der Waals surface area contributed by atoms with Crippen LogP contribution in [0.4, 0.5) is 5.69 Å². The summed E-state index contributed by atoms with van der Waals surface area (Å²) in [5.41, 5.74) is -0.120. The highest BCUT2D eigenvalue weighted by atomic mass is 79.9. The number of aromatic amines is 1. The molecule has 0 unspecified atom stereocenters. The van der Waals surface area contributed by atoms with Crippen LogP contribution in [0.1, 0.15) is 6.92 Å². The molecule has 2 atom stereocenters. The van der Waals surface area contributed by atoms with Gasteiger partial charge in [0, 0.05) is 17.2 Å². The number of morpholine rings is 1. The van der Waals surface area contributed by atoms with Crippen LogP contribution in [0.3, 0.4) is 0 Å². The van der Waals surface area contributed by atoms with E-state index >= 15 is 0 Å². The molecule has 2 rings (SSSR count). The van der Waals surface area contributed by atoms with Gasteiger partial charge in [-0.1, -0.05) is 0 Å². The first-order chi connectivity index (χ1) is 8.58. The van der Waals surface area contributed by atoms with Gasteiger partial charge in [-0.2, -0.15) is 0 Å². The lowest BCUT2D eigenvalue weighted by atomic mass is 10.1. The summed E-state index contributed by atoms with van der Waals surface area (Å²) in [7, 11) is 0. The van der Waals surface area contributed by atoms with Crippen LogP contribution in [-0.2, 0) is 9.53 Å². The Morgan fingerprint density at radius 1 is 1.50 bits per heavy atom. The lowest BCUT2D eigenvalue weighted by Crippen LogP contribution is -2.53. The Balaban J connectivity index is 0.00000180. The molecule has 20 heavy (non-hydrogen) atoms. The number of rotatable bonds is 2. The maximum Gasteiger partial charge on any atom is 0.271 e. The SMILES string of the molecule is C[C@H]1OCCN[C@@H]1C(=O)Nc1cc(Br)c[nH]c1=O.Cl.Cl. The summed E-state index contributed by atoms with van der Waals surface area (Å²) in [6.45, 7) is 3.03. The standard InChI is InChI=1S/C11H14BrN3O3.2ClH/c1-6-9(13-2-3-18-6)11(17)15-8-4-7(12)5-14-10(8)16;;/h4-6,9,13H,2-3H2,1H3,(H,14,16)(H,15,17);2*1H/t6-,9+;;/m1../s1. The third-order valence-electron chi connectivity index (χ3n) is 2.72. The summed E-state index contributed by atoms with van der Waals surface area (Å²) >= 11 is 3.23. The van der Waals surface area contributed by atoms with Crippen LogP contribution in [0.25, 0.3) is 0 Å². The zero-order valence-electron chi connectivity index (χ0n) is 10.6. The van der Waals surface area contributed by atoms with Gasteiger partial charge in [-0.25, -0.2) is 0 Å². The number of aromatic nitrogens is 1. The molecule has 0 spiro atoms. The highest BCUT2D eigenvalue weighted by Gasteiger charge is 2.28. The number of amides is 1. The summed E-state index contributed by atoms with van der Waals surface area (Å²) < 4.78 is 6.08. The molecule has 1 aliphatic rings. The van der Waals surface area contributed by atoms with E-state index in [0.717, 1.165) is 0 Å².